The van der Waals surface area contributed by atoms with Crippen molar-refractivity contribution < 1.29 is 9.53 Å². The molecule has 0 aliphatic heterocycles. The summed E-state index contributed by atoms with van der Waals surface area (Å²) >= 11 is 0. The Labute approximate surface area is 148 Å². The second-order valence-electron chi connectivity index (χ2n) is 6.59. The fourth-order valence-electron chi connectivity index (χ4n) is 3.32. The van der Waals surface area contributed by atoms with Gasteiger partial charge < -0.3 is 15.4 Å². The number of methoxy groups -OCH3 is 1. The quantitative estimate of drug-likeness (QED) is 0.815. The molecule has 132 valence electrons. The lowest BCUT2D eigenvalue weighted by atomic mass is 9.87. The molecule has 1 saturated carbocycles. The molecule has 0 radical (unpaired) electrons. The SMILES string of the molecule is COc1ccc(C)cc1NC(=O)Nc1ccc(C2CCCCC2)nc1. The molecule has 5 heteroatoms. The van der Waals surface area contributed by atoms with Crippen LogP contribution >= 0.6 is 0 Å². The average Bonchev–Trinajstić information content (AvgIpc) is 2.63. The van der Waals surface area contributed by atoms with Gasteiger partial charge in [-0.25, -0.2) is 4.79 Å². The summed E-state index contributed by atoms with van der Waals surface area (Å²) in [6.45, 7) is 1.97. The largest absolute Gasteiger partial charge is 0.495 e. The first-order chi connectivity index (χ1) is 12.2. The Kier molecular flexibility index (Phi) is 5.53. The number of urea groups is 1. The first kappa shape index (κ1) is 17.3. The molecule has 2 N–H and O–H groups in total. The topological polar surface area (TPSA) is 63.2 Å². The standard InChI is InChI=1S/C20H25N3O2/c1-14-8-11-19(25-2)18(12-14)23-20(24)22-16-9-10-17(21-13-16)15-6-4-3-5-7-15/h8-13,15H,3-7H2,1-2H3,(H2,22,23,24). The minimum absolute atomic E-state index is 0.309. The van der Waals surface area contributed by atoms with Gasteiger partial charge in [0.15, 0.2) is 0 Å². The van der Waals surface area contributed by atoms with Crippen molar-refractivity contribution >= 4 is 17.4 Å². The number of benzene rings is 1. The van der Waals surface area contributed by atoms with Gasteiger partial charge in [0, 0.05) is 11.6 Å². The summed E-state index contributed by atoms with van der Waals surface area (Å²) in [5, 5.41) is 5.65. The van der Waals surface area contributed by atoms with Crippen LogP contribution in [-0.2, 0) is 0 Å². The molecule has 1 aliphatic rings. The summed E-state index contributed by atoms with van der Waals surface area (Å²) in [6, 6.07) is 9.29. The van der Waals surface area contributed by atoms with Crippen molar-refractivity contribution in [2.24, 2.45) is 0 Å². The van der Waals surface area contributed by atoms with E-state index >= 15 is 0 Å². The van der Waals surface area contributed by atoms with E-state index < -0.39 is 0 Å². The number of carbonyl (C=O) groups is 1. The van der Waals surface area contributed by atoms with Crippen LogP contribution in [0.15, 0.2) is 36.5 Å². The number of aryl methyl sites for hydroxylation is 1. The van der Waals surface area contributed by atoms with Gasteiger partial charge in [-0.2, -0.15) is 0 Å². The monoisotopic (exact) mass is 339 g/mol. The number of nitrogens with zero attached hydrogens (tertiary/aromatic N) is 1. The van der Waals surface area contributed by atoms with E-state index in [-0.39, 0.29) is 6.03 Å². The van der Waals surface area contributed by atoms with Crippen LogP contribution < -0.4 is 15.4 Å². The Balaban J connectivity index is 1.62. The Morgan fingerprint density at radius 3 is 2.60 bits per heavy atom. The minimum atomic E-state index is -0.309. The summed E-state index contributed by atoms with van der Waals surface area (Å²) in [5.41, 5.74) is 3.51. The van der Waals surface area contributed by atoms with Gasteiger partial charge >= 0.3 is 6.03 Å². The van der Waals surface area contributed by atoms with E-state index in [1.807, 2.05) is 37.3 Å². The normalized spacial score (nSPS) is 14.8. The molecular formula is C20H25N3O2. The maximum absolute atomic E-state index is 12.2. The zero-order chi connectivity index (χ0) is 17.6. The number of hydrogen-bond donors (Lipinski definition) is 2. The Bertz CT molecular complexity index is 722. The molecule has 1 aromatic carbocycles. The molecule has 1 fully saturated rings. The lowest BCUT2D eigenvalue weighted by Gasteiger charge is -2.21. The van der Waals surface area contributed by atoms with Gasteiger partial charge in [-0.15, -0.1) is 0 Å². The third-order valence-electron chi connectivity index (χ3n) is 4.67. The van der Waals surface area contributed by atoms with Crippen molar-refractivity contribution in [1.82, 2.24) is 4.98 Å². The van der Waals surface area contributed by atoms with E-state index in [0.717, 1.165) is 11.3 Å². The number of nitrogens with one attached hydrogen (secondary N) is 2. The zero-order valence-electron chi connectivity index (χ0n) is 14.8. The predicted octanol–water partition coefficient (Wildman–Crippen LogP) is 5.09. The summed E-state index contributed by atoms with van der Waals surface area (Å²) < 4.78 is 5.28. The summed E-state index contributed by atoms with van der Waals surface area (Å²) in [6.07, 6.45) is 8.07. The fraction of sp³-hybridized carbons (Fsp3) is 0.400. The molecule has 25 heavy (non-hydrogen) atoms. The van der Waals surface area contributed by atoms with Crippen LogP contribution in [0.25, 0.3) is 0 Å². The summed E-state index contributed by atoms with van der Waals surface area (Å²) in [4.78, 5) is 16.8. The maximum Gasteiger partial charge on any atom is 0.323 e. The highest BCUT2D eigenvalue weighted by atomic mass is 16.5. The molecule has 0 saturated heterocycles. The number of pyridine rings is 1. The van der Waals surface area contributed by atoms with Crippen molar-refractivity contribution in [2.75, 3.05) is 17.7 Å². The minimum Gasteiger partial charge on any atom is -0.495 e. The highest BCUT2D eigenvalue weighted by molar-refractivity contribution is 6.00. The van der Waals surface area contributed by atoms with E-state index in [1.54, 1.807) is 13.3 Å². The third kappa shape index (κ3) is 4.50. The van der Waals surface area contributed by atoms with Gasteiger partial charge in [0.05, 0.1) is 24.7 Å². The van der Waals surface area contributed by atoms with Crippen LogP contribution in [0.5, 0.6) is 5.75 Å². The van der Waals surface area contributed by atoms with E-state index in [0.29, 0.717) is 23.0 Å². The van der Waals surface area contributed by atoms with Crippen LogP contribution in [0.4, 0.5) is 16.2 Å². The van der Waals surface area contributed by atoms with Gasteiger partial charge in [-0.1, -0.05) is 25.3 Å². The smallest absolute Gasteiger partial charge is 0.323 e. The van der Waals surface area contributed by atoms with E-state index in [9.17, 15) is 4.79 Å². The molecule has 1 aliphatic carbocycles. The maximum atomic E-state index is 12.2. The molecule has 1 aromatic heterocycles. The van der Waals surface area contributed by atoms with Gasteiger partial charge in [-0.3, -0.25) is 4.98 Å². The molecule has 2 aromatic rings. The Morgan fingerprint density at radius 1 is 1.12 bits per heavy atom. The molecule has 0 unspecified atom stereocenters. The van der Waals surface area contributed by atoms with Crippen molar-refractivity contribution in [2.45, 2.75) is 44.9 Å². The zero-order valence-corrected chi connectivity index (χ0v) is 14.8. The molecule has 3 rings (SSSR count). The number of anilines is 2. The number of rotatable bonds is 4. The third-order valence-corrected chi connectivity index (χ3v) is 4.67. The molecule has 0 atom stereocenters. The molecule has 5 nitrogen and oxygen atoms in total. The molecule has 2 amide bonds. The van der Waals surface area contributed by atoms with Gasteiger partial charge in [0.25, 0.3) is 0 Å². The van der Waals surface area contributed by atoms with Gasteiger partial charge in [0.1, 0.15) is 5.75 Å². The van der Waals surface area contributed by atoms with Gasteiger partial charge in [0.2, 0.25) is 0 Å². The number of carbonyl (C=O) groups excluding carboxylic acids is 1. The van der Waals surface area contributed by atoms with Crippen LogP contribution in [0.3, 0.4) is 0 Å². The number of hydrogen-bond acceptors (Lipinski definition) is 3. The molecule has 1 heterocycles. The lowest BCUT2D eigenvalue weighted by molar-refractivity contribution is 0.262. The Morgan fingerprint density at radius 2 is 1.92 bits per heavy atom. The van der Waals surface area contributed by atoms with Crippen molar-refractivity contribution in [3.05, 3.63) is 47.8 Å². The summed E-state index contributed by atoms with van der Waals surface area (Å²) in [5.74, 6) is 1.19. The molecule has 0 spiro atoms. The van der Waals surface area contributed by atoms with Crippen LogP contribution in [0.1, 0.15) is 49.3 Å². The van der Waals surface area contributed by atoms with E-state index in [1.165, 1.54) is 32.1 Å². The fourth-order valence-corrected chi connectivity index (χ4v) is 3.32. The predicted molar refractivity (Wildman–Crippen MR) is 100 cm³/mol. The first-order valence-corrected chi connectivity index (χ1v) is 8.84. The average molecular weight is 339 g/mol. The Hall–Kier alpha value is -2.56. The summed E-state index contributed by atoms with van der Waals surface area (Å²) in [7, 11) is 1.58. The van der Waals surface area contributed by atoms with E-state index in [2.05, 4.69) is 15.6 Å². The molecule has 0 bridgehead atoms. The number of ether oxygens (including phenoxy) is 1. The number of aromatic nitrogens is 1. The van der Waals surface area contributed by atoms with E-state index in [4.69, 9.17) is 4.74 Å². The highest BCUT2D eigenvalue weighted by Crippen LogP contribution is 2.31. The first-order valence-electron chi connectivity index (χ1n) is 8.84. The van der Waals surface area contributed by atoms with Crippen molar-refractivity contribution in [3.8, 4) is 5.75 Å². The van der Waals surface area contributed by atoms with Gasteiger partial charge in [-0.05, 0) is 49.6 Å². The van der Waals surface area contributed by atoms with Crippen molar-refractivity contribution in [3.63, 3.8) is 0 Å². The number of amides is 2. The van der Waals surface area contributed by atoms with Crippen LogP contribution in [-0.4, -0.2) is 18.1 Å². The lowest BCUT2D eigenvalue weighted by Crippen LogP contribution is -2.20. The van der Waals surface area contributed by atoms with Crippen LogP contribution in [0, 0.1) is 6.92 Å². The van der Waals surface area contributed by atoms with Crippen molar-refractivity contribution in [1.29, 1.82) is 0 Å². The molecular weight excluding hydrogens is 314 g/mol. The second kappa shape index (κ2) is 8.01. The second-order valence-corrected chi connectivity index (χ2v) is 6.59. The van der Waals surface area contributed by atoms with Crippen LogP contribution in [0.2, 0.25) is 0 Å². The highest BCUT2D eigenvalue weighted by Gasteiger charge is 2.16.